The van der Waals surface area contributed by atoms with Crippen LogP contribution in [0.15, 0.2) is 12.7 Å². The smallest absolute Gasteiger partial charge is 0.224 e. The Hall–Kier alpha value is -0.790. The first-order chi connectivity index (χ1) is 3.72. The summed E-state index contributed by atoms with van der Waals surface area (Å²) in [4.78, 5) is 10.3. The van der Waals surface area contributed by atoms with Crippen LogP contribution in [0.4, 0.5) is 0 Å². The van der Waals surface area contributed by atoms with Crippen molar-refractivity contribution in [2.45, 2.75) is 13.3 Å². The third-order valence-corrected chi connectivity index (χ3v) is 1.09. The second kappa shape index (κ2) is 3.24. The molecule has 0 saturated heterocycles. The number of carbonyl (C=O) groups is 1. The molecule has 0 aromatic rings. The zero-order valence-corrected chi connectivity index (χ0v) is 5.05. The monoisotopic (exact) mass is 113 g/mol. The fourth-order valence-corrected chi connectivity index (χ4v) is 0.484. The Morgan fingerprint density at radius 3 is 2.50 bits per heavy atom. The Kier molecular flexibility index (Phi) is 2.92. The molecule has 2 heteroatoms. The van der Waals surface area contributed by atoms with Crippen LogP contribution >= 0.6 is 0 Å². The SMILES string of the molecule is C=CC(CC)C(N)=O. The molecule has 0 rings (SSSR count). The van der Waals surface area contributed by atoms with E-state index in [2.05, 4.69) is 6.58 Å². The Labute approximate surface area is 49.4 Å². The molecule has 0 bridgehead atoms. The summed E-state index contributed by atoms with van der Waals surface area (Å²) in [6.45, 7) is 5.35. The molecule has 0 aliphatic carbocycles. The van der Waals surface area contributed by atoms with Crippen LogP contribution in [-0.4, -0.2) is 5.91 Å². The van der Waals surface area contributed by atoms with Gasteiger partial charge in [0.15, 0.2) is 0 Å². The van der Waals surface area contributed by atoms with Crippen LogP contribution in [0, 0.1) is 5.92 Å². The molecule has 0 radical (unpaired) electrons. The summed E-state index contributed by atoms with van der Waals surface area (Å²) in [5.74, 6) is -0.433. The molecule has 2 N–H and O–H groups in total. The Morgan fingerprint density at radius 2 is 2.50 bits per heavy atom. The van der Waals surface area contributed by atoms with Crippen LogP contribution in [-0.2, 0) is 4.79 Å². The molecule has 0 heterocycles. The first-order valence-corrected chi connectivity index (χ1v) is 2.64. The molecule has 1 unspecified atom stereocenters. The van der Waals surface area contributed by atoms with Crippen molar-refractivity contribution in [1.82, 2.24) is 0 Å². The molecular weight excluding hydrogens is 102 g/mol. The van der Waals surface area contributed by atoms with E-state index in [9.17, 15) is 4.79 Å². The largest absolute Gasteiger partial charge is 0.369 e. The Bertz CT molecular complexity index is 98.7. The molecular formula is C6H11NO. The third-order valence-electron chi connectivity index (χ3n) is 1.09. The number of rotatable bonds is 3. The summed E-state index contributed by atoms with van der Waals surface area (Å²) in [5, 5.41) is 0. The summed E-state index contributed by atoms with van der Waals surface area (Å²) in [6, 6.07) is 0. The molecule has 46 valence electrons. The summed E-state index contributed by atoms with van der Waals surface area (Å²) < 4.78 is 0. The van der Waals surface area contributed by atoms with E-state index >= 15 is 0 Å². The topological polar surface area (TPSA) is 43.1 Å². The standard InChI is InChI=1S/C6H11NO/c1-3-5(4-2)6(7)8/h3,5H,1,4H2,2H3,(H2,7,8). The minimum Gasteiger partial charge on any atom is -0.369 e. The average molecular weight is 113 g/mol. The van der Waals surface area contributed by atoms with Gasteiger partial charge >= 0.3 is 0 Å². The van der Waals surface area contributed by atoms with Gasteiger partial charge < -0.3 is 5.73 Å². The number of carbonyl (C=O) groups excluding carboxylic acids is 1. The number of hydrogen-bond donors (Lipinski definition) is 1. The van der Waals surface area contributed by atoms with E-state index in [1.54, 1.807) is 6.08 Å². The average Bonchev–Trinajstić information content (AvgIpc) is 1.69. The van der Waals surface area contributed by atoms with Gasteiger partial charge in [-0.05, 0) is 6.42 Å². The molecule has 0 fully saturated rings. The third kappa shape index (κ3) is 1.78. The van der Waals surface area contributed by atoms with Crippen LogP contribution in [0.2, 0.25) is 0 Å². The van der Waals surface area contributed by atoms with E-state index in [0.29, 0.717) is 0 Å². The van der Waals surface area contributed by atoms with Crippen molar-refractivity contribution in [3.05, 3.63) is 12.7 Å². The van der Waals surface area contributed by atoms with E-state index in [1.807, 2.05) is 6.92 Å². The van der Waals surface area contributed by atoms with Gasteiger partial charge in [-0.15, -0.1) is 6.58 Å². The van der Waals surface area contributed by atoms with Gasteiger partial charge in [0.25, 0.3) is 0 Å². The van der Waals surface area contributed by atoms with E-state index in [4.69, 9.17) is 5.73 Å². The van der Waals surface area contributed by atoms with Crippen molar-refractivity contribution in [1.29, 1.82) is 0 Å². The number of amides is 1. The lowest BCUT2D eigenvalue weighted by Crippen LogP contribution is -2.20. The molecule has 0 aromatic heterocycles. The van der Waals surface area contributed by atoms with Gasteiger partial charge in [-0.1, -0.05) is 13.0 Å². The first-order valence-electron chi connectivity index (χ1n) is 2.64. The summed E-state index contributed by atoms with van der Waals surface area (Å²) >= 11 is 0. The quantitative estimate of drug-likeness (QED) is 0.537. The highest BCUT2D eigenvalue weighted by Crippen LogP contribution is 1.99. The van der Waals surface area contributed by atoms with Gasteiger partial charge in [-0.2, -0.15) is 0 Å². The maximum atomic E-state index is 10.3. The molecule has 8 heavy (non-hydrogen) atoms. The number of hydrogen-bond acceptors (Lipinski definition) is 1. The van der Waals surface area contributed by atoms with Crippen molar-refractivity contribution in [2.24, 2.45) is 11.7 Å². The lowest BCUT2D eigenvalue weighted by molar-refractivity contribution is -0.120. The molecule has 0 aliphatic heterocycles. The molecule has 1 atom stereocenters. The molecule has 0 aliphatic rings. The molecule has 0 aromatic carbocycles. The van der Waals surface area contributed by atoms with Gasteiger partial charge in [0.05, 0.1) is 5.92 Å². The second-order valence-electron chi connectivity index (χ2n) is 1.65. The van der Waals surface area contributed by atoms with Crippen LogP contribution in [0.5, 0.6) is 0 Å². The van der Waals surface area contributed by atoms with Crippen molar-refractivity contribution >= 4 is 5.91 Å². The first kappa shape index (κ1) is 7.21. The van der Waals surface area contributed by atoms with Crippen molar-refractivity contribution in [3.63, 3.8) is 0 Å². The van der Waals surface area contributed by atoms with Crippen molar-refractivity contribution in [3.8, 4) is 0 Å². The van der Waals surface area contributed by atoms with Crippen LogP contribution < -0.4 is 5.73 Å². The highest BCUT2D eigenvalue weighted by Gasteiger charge is 2.05. The van der Waals surface area contributed by atoms with E-state index in [1.165, 1.54) is 0 Å². The normalized spacial score (nSPS) is 12.6. The van der Waals surface area contributed by atoms with Gasteiger partial charge in [0.1, 0.15) is 0 Å². The Balaban J connectivity index is 3.69. The summed E-state index contributed by atoms with van der Waals surface area (Å²) in [6.07, 6.45) is 2.32. The van der Waals surface area contributed by atoms with Crippen molar-refractivity contribution in [2.75, 3.05) is 0 Å². The van der Waals surface area contributed by atoms with E-state index < -0.39 is 0 Å². The zero-order valence-electron chi connectivity index (χ0n) is 5.05. The molecule has 2 nitrogen and oxygen atoms in total. The van der Waals surface area contributed by atoms with Crippen LogP contribution in [0.25, 0.3) is 0 Å². The fourth-order valence-electron chi connectivity index (χ4n) is 0.484. The Morgan fingerprint density at radius 1 is 2.00 bits per heavy atom. The van der Waals surface area contributed by atoms with E-state index in [0.717, 1.165) is 6.42 Å². The molecule has 0 spiro atoms. The second-order valence-corrected chi connectivity index (χ2v) is 1.65. The maximum Gasteiger partial charge on any atom is 0.224 e. The van der Waals surface area contributed by atoms with Gasteiger partial charge in [0.2, 0.25) is 5.91 Å². The predicted molar refractivity (Wildman–Crippen MR) is 33.2 cm³/mol. The van der Waals surface area contributed by atoms with Crippen molar-refractivity contribution < 1.29 is 4.79 Å². The lowest BCUT2D eigenvalue weighted by Gasteiger charge is -2.00. The van der Waals surface area contributed by atoms with Gasteiger partial charge in [0, 0.05) is 0 Å². The minimum atomic E-state index is -0.289. The molecule has 1 amide bonds. The number of primary amides is 1. The van der Waals surface area contributed by atoms with Gasteiger partial charge in [-0.25, -0.2) is 0 Å². The number of nitrogens with two attached hydrogens (primary N) is 1. The van der Waals surface area contributed by atoms with Gasteiger partial charge in [-0.3, -0.25) is 4.79 Å². The summed E-state index contributed by atoms with van der Waals surface area (Å²) in [5.41, 5.74) is 4.95. The van der Waals surface area contributed by atoms with Crippen LogP contribution in [0.3, 0.4) is 0 Å². The van der Waals surface area contributed by atoms with Crippen LogP contribution in [0.1, 0.15) is 13.3 Å². The highest BCUT2D eigenvalue weighted by atomic mass is 16.1. The molecule has 0 saturated carbocycles. The zero-order chi connectivity index (χ0) is 6.57. The highest BCUT2D eigenvalue weighted by molar-refractivity contribution is 5.78. The maximum absolute atomic E-state index is 10.3. The predicted octanol–water partition coefficient (Wildman–Crippen LogP) is 0.684. The minimum absolute atomic E-state index is 0.144. The lowest BCUT2D eigenvalue weighted by atomic mass is 10.1. The summed E-state index contributed by atoms with van der Waals surface area (Å²) in [7, 11) is 0. The fraction of sp³-hybridized carbons (Fsp3) is 0.500. The van der Waals surface area contributed by atoms with E-state index in [-0.39, 0.29) is 11.8 Å².